The van der Waals surface area contributed by atoms with Gasteiger partial charge in [-0.05, 0) is 25.3 Å². The molecule has 0 aliphatic rings. The number of hydrogen-bond acceptors (Lipinski definition) is 5. The fraction of sp³-hybridized carbons (Fsp3) is 0.600. The Morgan fingerprint density at radius 2 is 2.25 bits per heavy atom. The van der Waals surface area contributed by atoms with Crippen molar-refractivity contribution in [3.8, 4) is 5.88 Å². The van der Waals surface area contributed by atoms with Crippen molar-refractivity contribution in [3.63, 3.8) is 0 Å². The van der Waals surface area contributed by atoms with Crippen molar-refractivity contribution in [1.82, 2.24) is 4.98 Å². The molecule has 20 heavy (non-hydrogen) atoms. The molecule has 0 bridgehead atoms. The molecule has 0 amide bonds. The summed E-state index contributed by atoms with van der Waals surface area (Å²) in [6.45, 7) is 4.68. The van der Waals surface area contributed by atoms with Gasteiger partial charge in [0.05, 0.1) is 19.1 Å². The van der Waals surface area contributed by atoms with Crippen LogP contribution in [0.25, 0.3) is 0 Å². The minimum absolute atomic E-state index is 0.101. The highest BCUT2D eigenvalue weighted by Crippen LogP contribution is 2.13. The number of hydrogen-bond donors (Lipinski definition) is 1. The highest BCUT2D eigenvalue weighted by molar-refractivity contribution is 5.71. The van der Waals surface area contributed by atoms with E-state index < -0.39 is 0 Å². The van der Waals surface area contributed by atoms with E-state index in [4.69, 9.17) is 14.6 Å². The van der Waals surface area contributed by atoms with E-state index >= 15 is 0 Å². The van der Waals surface area contributed by atoms with Crippen LogP contribution in [0.4, 0.5) is 0 Å². The summed E-state index contributed by atoms with van der Waals surface area (Å²) in [6, 6.07) is 3.75. The van der Waals surface area contributed by atoms with Gasteiger partial charge in [0.1, 0.15) is 0 Å². The molecule has 0 radical (unpaired) electrons. The molecule has 0 aliphatic carbocycles. The standard InChI is InChI=1S/C15H23NO4/c1-3-19-15(18)12(2)5-6-13-7-8-14(16-11-13)20-10-4-9-17/h7-8,11-12,17H,3-6,9-10H2,1-2H3. The van der Waals surface area contributed by atoms with Crippen molar-refractivity contribution in [1.29, 1.82) is 0 Å². The lowest BCUT2D eigenvalue weighted by Crippen LogP contribution is -2.15. The largest absolute Gasteiger partial charge is 0.478 e. The summed E-state index contributed by atoms with van der Waals surface area (Å²) < 4.78 is 10.3. The molecule has 0 fully saturated rings. The number of carbonyl (C=O) groups is 1. The molecule has 1 N–H and O–H groups in total. The van der Waals surface area contributed by atoms with E-state index in [1.54, 1.807) is 6.20 Å². The maximum Gasteiger partial charge on any atom is 0.308 e. The van der Waals surface area contributed by atoms with Gasteiger partial charge < -0.3 is 14.6 Å². The molecule has 0 aromatic carbocycles. The topological polar surface area (TPSA) is 68.7 Å². The lowest BCUT2D eigenvalue weighted by molar-refractivity contribution is -0.147. The minimum Gasteiger partial charge on any atom is -0.478 e. The maximum absolute atomic E-state index is 11.5. The second-order valence-electron chi connectivity index (χ2n) is 4.62. The number of rotatable bonds is 9. The van der Waals surface area contributed by atoms with Gasteiger partial charge in [-0.3, -0.25) is 4.79 Å². The zero-order valence-electron chi connectivity index (χ0n) is 12.2. The third-order valence-corrected chi connectivity index (χ3v) is 2.90. The first-order valence-electron chi connectivity index (χ1n) is 7.02. The number of aliphatic hydroxyl groups excluding tert-OH is 1. The summed E-state index contributed by atoms with van der Waals surface area (Å²) in [4.78, 5) is 15.7. The van der Waals surface area contributed by atoms with Crippen LogP contribution in [0, 0.1) is 5.92 Å². The van der Waals surface area contributed by atoms with Gasteiger partial charge in [-0.2, -0.15) is 0 Å². The Labute approximate surface area is 119 Å². The first kappa shape index (κ1) is 16.4. The van der Waals surface area contributed by atoms with Crippen LogP contribution >= 0.6 is 0 Å². The van der Waals surface area contributed by atoms with Gasteiger partial charge in [0, 0.05) is 25.3 Å². The zero-order valence-corrected chi connectivity index (χ0v) is 12.2. The number of ether oxygens (including phenoxy) is 2. The zero-order chi connectivity index (χ0) is 14.8. The van der Waals surface area contributed by atoms with Crippen LogP contribution in [0.2, 0.25) is 0 Å². The molecule has 0 saturated carbocycles. The lowest BCUT2D eigenvalue weighted by Gasteiger charge is -2.10. The van der Waals surface area contributed by atoms with Crippen LogP contribution in [0.3, 0.4) is 0 Å². The van der Waals surface area contributed by atoms with E-state index in [0.717, 1.165) is 18.4 Å². The number of esters is 1. The number of nitrogens with zero attached hydrogens (tertiary/aromatic N) is 1. The van der Waals surface area contributed by atoms with Crippen LogP contribution in [0.15, 0.2) is 18.3 Å². The quantitative estimate of drug-likeness (QED) is 0.553. The Bertz CT molecular complexity index is 391. The molecule has 0 aliphatic heterocycles. The predicted molar refractivity (Wildman–Crippen MR) is 75.6 cm³/mol. The molecule has 1 unspecified atom stereocenters. The molecule has 1 rings (SSSR count). The highest BCUT2D eigenvalue weighted by atomic mass is 16.5. The van der Waals surface area contributed by atoms with Crippen LogP contribution in [-0.2, 0) is 16.0 Å². The summed E-state index contributed by atoms with van der Waals surface area (Å²) >= 11 is 0. The van der Waals surface area contributed by atoms with Crippen molar-refractivity contribution in [2.45, 2.75) is 33.1 Å². The molecule has 5 heteroatoms. The molecule has 0 spiro atoms. The second kappa shape index (κ2) is 9.31. The van der Waals surface area contributed by atoms with Gasteiger partial charge in [-0.1, -0.05) is 13.0 Å². The first-order chi connectivity index (χ1) is 9.67. The number of aromatic nitrogens is 1. The number of aliphatic hydroxyl groups is 1. The van der Waals surface area contributed by atoms with Gasteiger partial charge in [-0.15, -0.1) is 0 Å². The van der Waals surface area contributed by atoms with Crippen molar-refractivity contribution < 1.29 is 19.4 Å². The molecule has 1 atom stereocenters. The summed E-state index contributed by atoms with van der Waals surface area (Å²) in [5.41, 5.74) is 1.07. The molecule has 112 valence electrons. The summed E-state index contributed by atoms with van der Waals surface area (Å²) in [5, 5.41) is 8.66. The molecule has 5 nitrogen and oxygen atoms in total. The van der Waals surface area contributed by atoms with E-state index in [1.165, 1.54) is 0 Å². The molecule has 1 aromatic heterocycles. The fourth-order valence-corrected chi connectivity index (χ4v) is 1.67. The van der Waals surface area contributed by atoms with E-state index in [2.05, 4.69) is 4.98 Å². The van der Waals surface area contributed by atoms with Crippen LogP contribution in [0.1, 0.15) is 32.3 Å². The average Bonchev–Trinajstić information content (AvgIpc) is 2.46. The fourth-order valence-electron chi connectivity index (χ4n) is 1.67. The minimum atomic E-state index is -0.149. The van der Waals surface area contributed by atoms with Gasteiger partial charge in [0.25, 0.3) is 0 Å². The third-order valence-electron chi connectivity index (χ3n) is 2.90. The second-order valence-corrected chi connectivity index (χ2v) is 4.62. The van der Waals surface area contributed by atoms with Gasteiger partial charge >= 0.3 is 5.97 Å². The summed E-state index contributed by atoms with van der Waals surface area (Å²) in [6.07, 6.45) is 3.88. The molecule has 1 heterocycles. The molecular formula is C15H23NO4. The normalized spacial score (nSPS) is 11.9. The highest BCUT2D eigenvalue weighted by Gasteiger charge is 2.13. The first-order valence-corrected chi connectivity index (χ1v) is 7.02. The van der Waals surface area contributed by atoms with Crippen LogP contribution in [-0.4, -0.2) is 35.9 Å². The van der Waals surface area contributed by atoms with Gasteiger partial charge in [0.15, 0.2) is 0 Å². The van der Waals surface area contributed by atoms with E-state index in [1.807, 2.05) is 26.0 Å². The Morgan fingerprint density at radius 3 is 2.85 bits per heavy atom. The van der Waals surface area contributed by atoms with E-state index in [0.29, 0.717) is 25.5 Å². The monoisotopic (exact) mass is 281 g/mol. The van der Waals surface area contributed by atoms with E-state index in [9.17, 15) is 4.79 Å². The SMILES string of the molecule is CCOC(=O)C(C)CCc1ccc(OCCCO)nc1. The van der Waals surface area contributed by atoms with Crippen LogP contribution in [0.5, 0.6) is 5.88 Å². The van der Waals surface area contributed by atoms with Gasteiger partial charge in [0.2, 0.25) is 5.88 Å². The molecule has 1 aromatic rings. The summed E-state index contributed by atoms with van der Waals surface area (Å²) in [5.74, 6) is 0.306. The van der Waals surface area contributed by atoms with Crippen molar-refractivity contribution in [3.05, 3.63) is 23.9 Å². The van der Waals surface area contributed by atoms with Crippen molar-refractivity contribution in [2.75, 3.05) is 19.8 Å². The Balaban J connectivity index is 2.35. The average molecular weight is 281 g/mol. The number of aryl methyl sites for hydroxylation is 1. The van der Waals surface area contributed by atoms with Gasteiger partial charge in [-0.25, -0.2) is 4.98 Å². The smallest absolute Gasteiger partial charge is 0.308 e. The Morgan fingerprint density at radius 1 is 1.45 bits per heavy atom. The molecular weight excluding hydrogens is 258 g/mol. The lowest BCUT2D eigenvalue weighted by atomic mass is 10.0. The van der Waals surface area contributed by atoms with Crippen LogP contribution < -0.4 is 4.74 Å². The molecule has 0 saturated heterocycles. The Hall–Kier alpha value is -1.62. The Kier molecular flexibility index (Phi) is 7.65. The maximum atomic E-state index is 11.5. The van der Waals surface area contributed by atoms with Crippen molar-refractivity contribution >= 4 is 5.97 Å². The number of pyridine rings is 1. The van der Waals surface area contributed by atoms with Crippen molar-refractivity contribution in [2.24, 2.45) is 5.92 Å². The predicted octanol–water partition coefficient (Wildman–Crippen LogP) is 1.97. The summed E-state index contributed by atoms with van der Waals surface area (Å²) in [7, 11) is 0. The third kappa shape index (κ3) is 6.02. The number of carbonyl (C=O) groups excluding carboxylic acids is 1. The van der Waals surface area contributed by atoms with E-state index in [-0.39, 0.29) is 18.5 Å².